The highest BCUT2D eigenvalue weighted by molar-refractivity contribution is 5.91. The highest BCUT2D eigenvalue weighted by atomic mass is 16.5. The van der Waals surface area contributed by atoms with Crippen LogP contribution < -0.4 is 15.8 Å². The third kappa shape index (κ3) is 2.97. The van der Waals surface area contributed by atoms with Crippen molar-refractivity contribution < 1.29 is 9.53 Å². The van der Waals surface area contributed by atoms with Gasteiger partial charge in [-0.1, -0.05) is 12.1 Å². The molecule has 0 spiro atoms. The van der Waals surface area contributed by atoms with E-state index in [4.69, 9.17) is 10.5 Å². The standard InChI is InChI=1S/C16H23N3O2/c1-21-15-5-3-2-4-14(15)18-16(20)19-9-11-6-7-13(17)8-12(11)10-19/h2-5,11-13H,6-10,17H2,1H3,(H,18,20)/t11-,12+,13?/m1/s1. The number of methoxy groups -OCH3 is 1. The second kappa shape index (κ2) is 5.93. The van der Waals surface area contributed by atoms with E-state index in [1.54, 1.807) is 7.11 Å². The van der Waals surface area contributed by atoms with Crippen molar-refractivity contribution in [2.45, 2.75) is 25.3 Å². The second-order valence-corrected chi connectivity index (χ2v) is 6.13. The first-order valence-corrected chi connectivity index (χ1v) is 7.62. The van der Waals surface area contributed by atoms with E-state index in [1.165, 1.54) is 0 Å². The van der Waals surface area contributed by atoms with Gasteiger partial charge in [-0.05, 0) is 43.2 Å². The van der Waals surface area contributed by atoms with Crippen molar-refractivity contribution in [1.29, 1.82) is 0 Å². The third-order valence-electron chi connectivity index (χ3n) is 4.73. The monoisotopic (exact) mass is 289 g/mol. The van der Waals surface area contributed by atoms with Crippen LogP contribution >= 0.6 is 0 Å². The maximum absolute atomic E-state index is 12.4. The molecule has 2 fully saturated rings. The molecule has 5 heteroatoms. The average molecular weight is 289 g/mol. The first kappa shape index (κ1) is 14.2. The van der Waals surface area contributed by atoms with Crippen LogP contribution in [-0.4, -0.2) is 37.2 Å². The van der Waals surface area contributed by atoms with Gasteiger partial charge in [0.1, 0.15) is 5.75 Å². The number of ether oxygens (including phenoxy) is 1. The number of nitrogens with zero attached hydrogens (tertiary/aromatic N) is 1. The zero-order valence-corrected chi connectivity index (χ0v) is 12.4. The van der Waals surface area contributed by atoms with Gasteiger partial charge in [0.25, 0.3) is 0 Å². The molecule has 2 amide bonds. The lowest BCUT2D eigenvalue weighted by molar-refractivity contribution is 0.220. The van der Waals surface area contributed by atoms with Crippen molar-refractivity contribution in [3.05, 3.63) is 24.3 Å². The van der Waals surface area contributed by atoms with Crippen LogP contribution in [0.3, 0.4) is 0 Å². The molecule has 1 aromatic carbocycles. The SMILES string of the molecule is COc1ccccc1NC(=O)N1C[C@H]2CCC(N)C[C@H]2C1. The van der Waals surface area contributed by atoms with Crippen LogP contribution in [-0.2, 0) is 0 Å². The van der Waals surface area contributed by atoms with Crippen LogP contribution in [0.2, 0.25) is 0 Å². The fourth-order valence-corrected chi connectivity index (χ4v) is 3.58. The topological polar surface area (TPSA) is 67.6 Å². The van der Waals surface area contributed by atoms with Crippen molar-refractivity contribution in [3.63, 3.8) is 0 Å². The van der Waals surface area contributed by atoms with Gasteiger partial charge in [-0.25, -0.2) is 4.79 Å². The highest BCUT2D eigenvalue weighted by Crippen LogP contribution is 2.36. The lowest BCUT2D eigenvalue weighted by Crippen LogP contribution is -2.33. The Kier molecular flexibility index (Phi) is 4.01. The molecule has 1 saturated heterocycles. The van der Waals surface area contributed by atoms with E-state index >= 15 is 0 Å². The number of rotatable bonds is 2. The number of fused-ring (bicyclic) bond motifs is 1. The first-order chi connectivity index (χ1) is 10.2. The Hall–Kier alpha value is -1.75. The number of likely N-dealkylation sites (tertiary alicyclic amines) is 1. The number of nitrogens with two attached hydrogens (primary N) is 1. The fourth-order valence-electron chi connectivity index (χ4n) is 3.58. The minimum Gasteiger partial charge on any atom is -0.495 e. The Morgan fingerprint density at radius 1 is 1.29 bits per heavy atom. The molecule has 1 heterocycles. The summed E-state index contributed by atoms with van der Waals surface area (Å²) in [4.78, 5) is 14.4. The molecule has 0 bridgehead atoms. The largest absolute Gasteiger partial charge is 0.495 e. The fraction of sp³-hybridized carbons (Fsp3) is 0.562. The second-order valence-electron chi connectivity index (χ2n) is 6.13. The molecule has 21 heavy (non-hydrogen) atoms. The zero-order chi connectivity index (χ0) is 14.8. The quantitative estimate of drug-likeness (QED) is 0.877. The maximum atomic E-state index is 12.4. The first-order valence-electron chi connectivity index (χ1n) is 7.62. The zero-order valence-electron chi connectivity index (χ0n) is 12.4. The molecule has 3 rings (SSSR count). The molecule has 2 aliphatic rings. The van der Waals surface area contributed by atoms with Crippen LogP contribution in [0.25, 0.3) is 0 Å². The van der Waals surface area contributed by atoms with Gasteiger partial charge in [-0.15, -0.1) is 0 Å². The van der Waals surface area contributed by atoms with E-state index in [0.29, 0.717) is 23.6 Å². The van der Waals surface area contributed by atoms with Gasteiger partial charge < -0.3 is 20.7 Å². The normalized spacial score (nSPS) is 28.1. The van der Waals surface area contributed by atoms with Crippen LogP contribution in [0.5, 0.6) is 5.75 Å². The van der Waals surface area contributed by atoms with Crippen molar-refractivity contribution >= 4 is 11.7 Å². The molecule has 1 aromatic rings. The molecule has 5 nitrogen and oxygen atoms in total. The lowest BCUT2D eigenvalue weighted by atomic mass is 9.79. The van der Waals surface area contributed by atoms with Crippen LogP contribution in [0, 0.1) is 11.8 Å². The number of nitrogens with one attached hydrogen (secondary N) is 1. The number of carbonyl (C=O) groups is 1. The Morgan fingerprint density at radius 3 is 2.86 bits per heavy atom. The van der Waals surface area contributed by atoms with E-state index < -0.39 is 0 Å². The number of para-hydroxylation sites is 2. The lowest BCUT2D eigenvalue weighted by Gasteiger charge is -2.27. The summed E-state index contributed by atoms with van der Waals surface area (Å²) in [7, 11) is 1.61. The van der Waals surface area contributed by atoms with E-state index in [2.05, 4.69) is 5.32 Å². The number of urea groups is 1. The smallest absolute Gasteiger partial charge is 0.321 e. The molecule has 1 saturated carbocycles. The van der Waals surface area contributed by atoms with Crippen LogP contribution in [0.4, 0.5) is 10.5 Å². The summed E-state index contributed by atoms with van der Waals surface area (Å²) in [5.74, 6) is 1.87. The number of amides is 2. The number of benzene rings is 1. The molecule has 0 radical (unpaired) electrons. The molecule has 3 N–H and O–H groups in total. The Morgan fingerprint density at radius 2 is 2.05 bits per heavy atom. The molecular formula is C16H23N3O2. The number of carbonyl (C=O) groups excluding carboxylic acids is 1. The summed E-state index contributed by atoms with van der Waals surface area (Å²) in [5.41, 5.74) is 6.76. The minimum atomic E-state index is -0.0394. The Bertz CT molecular complexity index is 520. The van der Waals surface area contributed by atoms with Gasteiger partial charge >= 0.3 is 6.03 Å². The van der Waals surface area contributed by atoms with Gasteiger partial charge in [0, 0.05) is 19.1 Å². The number of hydrogen-bond donors (Lipinski definition) is 2. The average Bonchev–Trinajstić information content (AvgIpc) is 2.91. The van der Waals surface area contributed by atoms with Crippen molar-refractivity contribution in [2.24, 2.45) is 17.6 Å². The van der Waals surface area contributed by atoms with E-state index in [9.17, 15) is 4.79 Å². The highest BCUT2D eigenvalue weighted by Gasteiger charge is 2.38. The predicted octanol–water partition coefficient (Wildman–Crippen LogP) is 2.29. The van der Waals surface area contributed by atoms with Gasteiger partial charge in [0.05, 0.1) is 12.8 Å². The molecule has 3 atom stereocenters. The minimum absolute atomic E-state index is 0.0394. The van der Waals surface area contributed by atoms with Gasteiger partial charge in [-0.3, -0.25) is 0 Å². The summed E-state index contributed by atoms with van der Waals surface area (Å²) < 4.78 is 5.27. The Balaban J connectivity index is 1.64. The molecule has 1 aliphatic heterocycles. The molecule has 114 valence electrons. The summed E-state index contributed by atoms with van der Waals surface area (Å²) in [6.07, 6.45) is 3.27. The molecule has 1 aliphatic carbocycles. The summed E-state index contributed by atoms with van der Waals surface area (Å²) >= 11 is 0. The van der Waals surface area contributed by atoms with Gasteiger partial charge in [0.2, 0.25) is 0 Å². The van der Waals surface area contributed by atoms with Gasteiger partial charge in [-0.2, -0.15) is 0 Å². The van der Waals surface area contributed by atoms with Crippen molar-refractivity contribution in [3.8, 4) is 5.75 Å². The number of anilines is 1. The van der Waals surface area contributed by atoms with E-state index in [0.717, 1.165) is 38.0 Å². The van der Waals surface area contributed by atoms with Crippen LogP contribution in [0.15, 0.2) is 24.3 Å². The maximum Gasteiger partial charge on any atom is 0.321 e. The van der Waals surface area contributed by atoms with Crippen molar-refractivity contribution in [1.82, 2.24) is 4.90 Å². The van der Waals surface area contributed by atoms with E-state index in [-0.39, 0.29) is 6.03 Å². The molecule has 0 aromatic heterocycles. The predicted molar refractivity (Wildman–Crippen MR) is 82.4 cm³/mol. The van der Waals surface area contributed by atoms with Crippen molar-refractivity contribution in [2.75, 3.05) is 25.5 Å². The number of hydrogen-bond acceptors (Lipinski definition) is 3. The van der Waals surface area contributed by atoms with Gasteiger partial charge in [0.15, 0.2) is 0 Å². The van der Waals surface area contributed by atoms with E-state index in [1.807, 2.05) is 29.2 Å². The Labute approximate surface area is 125 Å². The molecular weight excluding hydrogens is 266 g/mol. The van der Waals surface area contributed by atoms with Crippen LogP contribution in [0.1, 0.15) is 19.3 Å². The summed E-state index contributed by atoms with van der Waals surface area (Å²) in [6, 6.07) is 7.75. The summed E-state index contributed by atoms with van der Waals surface area (Å²) in [5, 5.41) is 2.96. The summed E-state index contributed by atoms with van der Waals surface area (Å²) in [6.45, 7) is 1.66. The molecule has 1 unspecified atom stereocenters. The third-order valence-corrected chi connectivity index (χ3v) is 4.73.